The molecule has 0 aromatic carbocycles. The summed E-state index contributed by atoms with van der Waals surface area (Å²) in [6.45, 7) is 8.47. The second kappa shape index (κ2) is 5.60. The highest BCUT2D eigenvalue weighted by molar-refractivity contribution is 4.88. The van der Waals surface area contributed by atoms with E-state index in [1.807, 2.05) is 4.68 Å². The summed E-state index contributed by atoms with van der Waals surface area (Å²) < 4.78 is 2.03. The third-order valence-corrected chi connectivity index (χ3v) is 3.28. The normalized spacial score (nSPS) is 20.6. The van der Waals surface area contributed by atoms with Crippen molar-refractivity contribution >= 4 is 0 Å². The summed E-state index contributed by atoms with van der Waals surface area (Å²) in [7, 11) is 2.17. The van der Waals surface area contributed by atoms with Crippen LogP contribution in [0.1, 0.15) is 26.1 Å². The maximum absolute atomic E-state index is 4.37. The van der Waals surface area contributed by atoms with Gasteiger partial charge in [-0.05, 0) is 25.9 Å². The molecule has 2 rings (SSSR count). The van der Waals surface area contributed by atoms with Gasteiger partial charge in [0.15, 0.2) is 0 Å². The fraction of sp³-hybridized carbons (Fsp3) is 0.833. The van der Waals surface area contributed by atoms with Crippen molar-refractivity contribution < 1.29 is 0 Å². The molecule has 5 heteroatoms. The van der Waals surface area contributed by atoms with Gasteiger partial charge in [0.2, 0.25) is 0 Å². The van der Waals surface area contributed by atoms with Crippen molar-refractivity contribution in [1.82, 2.24) is 25.0 Å². The van der Waals surface area contributed by atoms with Crippen LogP contribution in [0.3, 0.4) is 0 Å². The maximum Gasteiger partial charge on any atom is 0.141 e. The standard InChI is InChI=1S/C12H23N5/c1-10(2)7-17-12(14-9-15-17)8-16(3)11-4-5-13-6-11/h9-11,13H,4-8H2,1-3H3. The Bertz CT molecular complexity index is 340. The molecule has 0 spiro atoms. The SMILES string of the molecule is CC(C)Cn1ncnc1CN(C)C1CCNC1. The average molecular weight is 237 g/mol. The summed E-state index contributed by atoms with van der Waals surface area (Å²) in [5.74, 6) is 1.68. The lowest BCUT2D eigenvalue weighted by atomic mass is 10.2. The van der Waals surface area contributed by atoms with Crippen LogP contribution in [-0.4, -0.2) is 45.8 Å². The van der Waals surface area contributed by atoms with Crippen molar-refractivity contribution in [2.24, 2.45) is 5.92 Å². The molecule has 0 amide bonds. The summed E-state index contributed by atoms with van der Waals surface area (Å²) in [5, 5.41) is 7.69. The predicted octanol–water partition coefficient (Wildman–Crippen LogP) is 0.728. The third kappa shape index (κ3) is 3.26. The lowest BCUT2D eigenvalue weighted by Gasteiger charge is -2.23. The second-order valence-electron chi connectivity index (χ2n) is 5.31. The summed E-state index contributed by atoms with van der Waals surface area (Å²) in [6, 6.07) is 0.638. The lowest BCUT2D eigenvalue weighted by Crippen LogP contribution is -2.34. The van der Waals surface area contributed by atoms with Crippen molar-refractivity contribution in [2.45, 2.75) is 39.4 Å². The van der Waals surface area contributed by atoms with E-state index in [-0.39, 0.29) is 0 Å². The quantitative estimate of drug-likeness (QED) is 0.820. The van der Waals surface area contributed by atoms with Gasteiger partial charge < -0.3 is 5.32 Å². The van der Waals surface area contributed by atoms with Crippen LogP contribution in [0.4, 0.5) is 0 Å². The zero-order valence-corrected chi connectivity index (χ0v) is 11.1. The first-order valence-electron chi connectivity index (χ1n) is 6.44. The molecule has 1 aliphatic heterocycles. The largest absolute Gasteiger partial charge is 0.315 e. The number of hydrogen-bond donors (Lipinski definition) is 1. The third-order valence-electron chi connectivity index (χ3n) is 3.28. The Hall–Kier alpha value is -0.940. The van der Waals surface area contributed by atoms with Crippen LogP contribution in [-0.2, 0) is 13.1 Å². The number of nitrogens with zero attached hydrogens (tertiary/aromatic N) is 4. The van der Waals surface area contributed by atoms with Gasteiger partial charge in [0.25, 0.3) is 0 Å². The van der Waals surface area contributed by atoms with E-state index in [2.05, 4.69) is 41.2 Å². The van der Waals surface area contributed by atoms with Gasteiger partial charge >= 0.3 is 0 Å². The van der Waals surface area contributed by atoms with E-state index >= 15 is 0 Å². The zero-order chi connectivity index (χ0) is 12.3. The summed E-state index contributed by atoms with van der Waals surface area (Å²) in [6.07, 6.45) is 2.90. The van der Waals surface area contributed by atoms with Crippen molar-refractivity contribution in [1.29, 1.82) is 0 Å². The summed E-state index contributed by atoms with van der Waals surface area (Å²) in [5.41, 5.74) is 0. The number of rotatable bonds is 5. The predicted molar refractivity (Wildman–Crippen MR) is 67.6 cm³/mol. The highest BCUT2D eigenvalue weighted by Gasteiger charge is 2.20. The Morgan fingerprint density at radius 2 is 2.41 bits per heavy atom. The number of hydrogen-bond acceptors (Lipinski definition) is 4. The van der Waals surface area contributed by atoms with Gasteiger partial charge in [-0.2, -0.15) is 5.10 Å². The number of aromatic nitrogens is 3. The lowest BCUT2D eigenvalue weighted by molar-refractivity contribution is 0.236. The molecule has 1 aromatic rings. The van der Waals surface area contributed by atoms with Crippen LogP contribution in [0.5, 0.6) is 0 Å². The Morgan fingerprint density at radius 3 is 3.06 bits per heavy atom. The molecule has 1 aliphatic rings. The Labute approximate surface area is 103 Å². The highest BCUT2D eigenvalue weighted by Crippen LogP contribution is 2.10. The van der Waals surface area contributed by atoms with Gasteiger partial charge in [-0.1, -0.05) is 13.8 Å². The average Bonchev–Trinajstić information content (AvgIpc) is 2.89. The first-order valence-corrected chi connectivity index (χ1v) is 6.44. The van der Waals surface area contributed by atoms with E-state index in [1.54, 1.807) is 6.33 Å². The van der Waals surface area contributed by atoms with E-state index in [4.69, 9.17) is 0 Å². The molecule has 0 saturated carbocycles. The molecule has 0 radical (unpaired) electrons. The molecule has 0 aliphatic carbocycles. The van der Waals surface area contributed by atoms with Crippen LogP contribution >= 0.6 is 0 Å². The minimum Gasteiger partial charge on any atom is -0.315 e. The van der Waals surface area contributed by atoms with Crippen LogP contribution in [0.15, 0.2) is 6.33 Å². The van der Waals surface area contributed by atoms with Gasteiger partial charge in [0.1, 0.15) is 12.2 Å². The van der Waals surface area contributed by atoms with E-state index < -0.39 is 0 Å². The van der Waals surface area contributed by atoms with Crippen LogP contribution < -0.4 is 5.32 Å². The van der Waals surface area contributed by atoms with E-state index in [0.717, 1.165) is 32.0 Å². The Kier molecular flexibility index (Phi) is 4.12. The van der Waals surface area contributed by atoms with Crippen LogP contribution in [0.25, 0.3) is 0 Å². The van der Waals surface area contributed by atoms with Crippen LogP contribution in [0.2, 0.25) is 0 Å². The molecule has 1 saturated heterocycles. The number of likely N-dealkylation sites (N-methyl/N-ethyl adjacent to an activating group) is 1. The monoisotopic (exact) mass is 237 g/mol. The second-order valence-corrected chi connectivity index (χ2v) is 5.31. The fourth-order valence-corrected chi connectivity index (χ4v) is 2.28. The molecule has 1 atom stereocenters. The summed E-state index contributed by atoms with van der Waals surface area (Å²) in [4.78, 5) is 6.75. The molecule has 1 unspecified atom stereocenters. The van der Waals surface area contributed by atoms with E-state index in [0.29, 0.717) is 12.0 Å². The molecule has 5 nitrogen and oxygen atoms in total. The molecule has 1 aromatic heterocycles. The van der Waals surface area contributed by atoms with E-state index in [1.165, 1.54) is 6.42 Å². The zero-order valence-electron chi connectivity index (χ0n) is 11.1. The van der Waals surface area contributed by atoms with Crippen molar-refractivity contribution in [3.63, 3.8) is 0 Å². The first-order chi connectivity index (χ1) is 8.16. The molecular formula is C12H23N5. The molecule has 1 fully saturated rings. The fourth-order valence-electron chi connectivity index (χ4n) is 2.28. The molecule has 17 heavy (non-hydrogen) atoms. The van der Waals surface area contributed by atoms with Gasteiger partial charge in [-0.25, -0.2) is 9.67 Å². The van der Waals surface area contributed by atoms with E-state index in [9.17, 15) is 0 Å². The maximum atomic E-state index is 4.37. The van der Waals surface area contributed by atoms with Gasteiger partial charge in [-0.3, -0.25) is 4.90 Å². The topological polar surface area (TPSA) is 46.0 Å². The van der Waals surface area contributed by atoms with Gasteiger partial charge in [0, 0.05) is 19.1 Å². The van der Waals surface area contributed by atoms with Gasteiger partial charge in [-0.15, -0.1) is 0 Å². The Balaban J connectivity index is 1.95. The van der Waals surface area contributed by atoms with Crippen molar-refractivity contribution in [2.75, 3.05) is 20.1 Å². The van der Waals surface area contributed by atoms with Crippen LogP contribution in [0, 0.1) is 5.92 Å². The summed E-state index contributed by atoms with van der Waals surface area (Å²) >= 11 is 0. The number of nitrogens with one attached hydrogen (secondary N) is 1. The highest BCUT2D eigenvalue weighted by atomic mass is 15.3. The first kappa shape index (κ1) is 12.5. The molecule has 0 bridgehead atoms. The minimum atomic E-state index is 0.605. The Morgan fingerprint density at radius 1 is 1.59 bits per heavy atom. The van der Waals surface area contributed by atoms with Gasteiger partial charge in [0.05, 0.1) is 6.54 Å². The molecule has 2 heterocycles. The molecule has 96 valence electrons. The molecular weight excluding hydrogens is 214 g/mol. The van der Waals surface area contributed by atoms with Crippen molar-refractivity contribution in [3.8, 4) is 0 Å². The molecule has 1 N–H and O–H groups in total. The smallest absolute Gasteiger partial charge is 0.141 e. The minimum absolute atomic E-state index is 0.605. The van der Waals surface area contributed by atoms with Crippen molar-refractivity contribution in [3.05, 3.63) is 12.2 Å².